The van der Waals surface area contributed by atoms with E-state index >= 15 is 0 Å². The number of ether oxygens (including phenoxy) is 1. The first kappa shape index (κ1) is 18.7. The number of hydrogen-bond donors (Lipinski definition) is 1. The number of benzene rings is 1. The number of carbonyl (C=O) groups is 1. The maximum atomic E-state index is 12.9. The molecule has 2 aliphatic heterocycles. The van der Waals surface area contributed by atoms with Gasteiger partial charge in [-0.2, -0.15) is 13.2 Å². The lowest BCUT2D eigenvalue weighted by Crippen LogP contribution is -2.59. The van der Waals surface area contributed by atoms with Crippen molar-refractivity contribution in [2.75, 3.05) is 11.9 Å². The molecule has 26 heavy (non-hydrogen) atoms. The average Bonchev–Trinajstić information content (AvgIpc) is 2.61. The molecule has 0 radical (unpaired) electrons. The number of rotatable bonds is 3. The molecule has 0 amide bonds. The number of anilines is 1. The van der Waals surface area contributed by atoms with Gasteiger partial charge in [0.25, 0.3) is 0 Å². The van der Waals surface area contributed by atoms with Gasteiger partial charge >= 0.3 is 12.1 Å². The van der Waals surface area contributed by atoms with Gasteiger partial charge in [-0.3, -0.25) is 0 Å². The number of carbonyl (C=O) groups excluding carboxylic acids is 1. The van der Waals surface area contributed by atoms with E-state index in [2.05, 4.69) is 5.32 Å². The van der Waals surface area contributed by atoms with E-state index < -0.39 is 17.8 Å². The van der Waals surface area contributed by atoms with Gasteiger partial charge in [0.05, 0.1) is 18.2 Å². The Balaban J connectivity index is 1.82. The van der Waals surface area contributed by atoms with Crippen molar-refractivity contribution < 1.29 is 22.7 Å². The van der Waals surface area contributed by atoms with E-state index in [4.69, 9.17) is 17.0 Å². The third-order valence-corrected chi connectivity index (χ3v) is 4.96. The van der Waals surface area contributed by atoms with Crippen molar-refractivity contribution in [2.24, 2.45) is 5.92 Å². The third kappa shape index (κ3) is 3.70. The molecule has 1 aromatic carbocycles. The van der Waals surface area contributed by atoms with Gasteiger partial charge in [-0.1, -0.05) is 18.2 Å². The third-order valence-electron chi connectivity index (χ3n) is 4.64. The standard InChI is InChI=1S/C18H19F3N2O2S/c1-2-25-16(24)15-11-6-8-14(9-7-11)23(15)17(26)22-13-5-3-4-12(10-13)18(19,20)21/h3-6,8,10-11,14-15H,2,7,9H2,1H3,(H,22,26). The molecular weight excluding hydrogens is 365 g/mol. The largest absolute Gasteiger partial charge is 0.464 e. The van der Waals surface area contributed by atoms with Gasteiger partial charge in [0.1, 0.15) is 6.04 Å². The Morgan fingerprint density at radius 2 is 2.12 bits per heavy atom. The summed E-state index contributed by atoms with van der Waals surface area (Å²) in [4.78, 5) is 14.2. The molecule has 2 bridgehead atoms. The van der Waals surface area contributed by atoms with Gasteiger partial charge < -0.3 is 15.0 Å². The lowest BCUT2D eigenvalue weighted by molar-refractivity contribution is -0.151. The van der Waals surface area contributed by atoms with Crippen LogP contribution >= 0.6 is 12.2 Å². The summed E-state index contributed by atoms with van der Waals surface area (Å²) in [5.41, 5.74) is -0.523. The van der Waals surface area contributed by atoms with E-state index in [9.17, 15) is 18.0 Å². The highest BCUT2D eigenvalue weighted by Gasteiger charge is 2.44. The van der Waals surface area contributed by atoms with Gasteiger partial charge in [-0.05, 0) is 50.2 Å². The van der Waals surface area contributed by atoms with Crippen LogP contribution in [0.1, 0.15) is 25.3 Å². The van der Waals surface area contributed by atoms with Crippen LogP contribution in [0.3, 0.4) is 0 Å². The molecule has 8 heteroatoms. The highest BCUT2D eigenvalue weighted by atomic mass is 32.1. The number of alkyl halides is 3. The number of fused-ring (bicyclic) bond motifs is 2. The topological polar surface area (TPSA) is 41.6 Å². The van der Waals surface area contributed by atoms with Crippen LogP contribution in [0.2, 0.25) is 0 Å². The van der Waals surface area contributed by atoms with Crippen molar-refractivity contribution in [1.82, 2.24) is 4.90 Å². The maximum Gasteiger partial charge on any atom is 0.416 e. The first-order valence-corrected chi connectivity index (χ1v) is 8.83. The lowest BCUT2D eigenvalue weighted by Gasteiger charge is -2.47. The minimum atomic E-state index is -4.43. The number of halogens is 3. The first-order chi connectivity index (χ1) is 12.3. The van der Waals surface area contributed by atoms with Crippen LogP contribution in [0, 0.1) is 5.92 Å². The summed E-state index contributed by atoms with van der Waals surface area (Å²) in [6, 6.07) is 4.22. The summed E-state index contributed by atoms with van der Waals surface area (Å²) in [5.74, 6) is -0.375. The average molecular weight is 384 g/mol. The molecular formula is C18H19F3N2O2S. The smallest absolute Gasteiger partial charge is 0.416 e. The van der Waals surface area contributed by atoms with Crippen LogP contribution in [0.4, 0.5) is 18.9 Å². The Morgan fingerprint density at radius 1 is 1.35 bits per heavy atom. The van der Waals surface area contributed by atoms with Gasteiger partial charge in [0.15, 0.2) is 5.11 Å². The van der Waals surface area contributed by atoms with Crippen LogP contribution in [-0.2, 0) is 15.7 Å². The van der Waals surface area contributed by atoms with Crippen molar-refractivity contribution in [1.29, 1.82) is 0 Å². The summed E-state index contributed by atoms with van der Waals surface area (Å²) < 4.78 is 43.9. The summed E-state index contributed by atoms with van der Waals surface area (Å²) >= 11 is 5.43. The second-order valence-electron chi connectivity index (χ2n) is 6.31. The number of nitrogens with one attached hydrogen (secondary N) is 1. The van der Waals surface area contributed by atoms with Crippen molar-refractivity contribution in [2.45, 2.75) is 38.0 Å². The molecule has 0 spiro atoms. The summed E-state index contributed by atoms with van der Waals surface area (Å²) in [7, 11) is 0. The Morgan fingerprint density at radius 3 is 2.73 bits per heavy atom. The van der Waals surface area contributed by atoms with Crippen molar-refractivity contribution >= 4 is 29.0 Å². The van der Waals surface area contributed by atoms with E-state index in [1.54, 1.807) is 11.8 Å². The van der Waals surface area contributed by atoms with E-state index in [1.807, 2.05) is 12.2 Å². The molecule has 1 aromatic rings. The van der Waals surface area contributed by atoms with Crippen LogP contribution in [0.25, 0.3) is 0 Å². The van der Waals surface area contributed by atoms with E-state index in [0.717, 1.165) is 25.0 Å². The Kier molecular flexibility index (Phi) is 5.22. The number of thiocarbonyl (C=S) groups is 1. The Hall–Kier alpha value is -2.09. The highest BCUT2D eigenvalue weighted by molar-refractivity contribution is 7.80. The molecule has 1 fully saturated rings. The second-order valence-corrected chi connectivity index (χ2v) is 6.69. The van der Waals surface area contributed by atoms with E-state index in [1.165, 1.54) is 12.1 Å². The van der Waals surface area contributed by atoms with Gasteiger partial charge in [-0.15, -0.1) is 0 Å². The molecule has 0 saturated carbocycles. The van der Waals surface area contributed by atoms with Crippen LogP contribution in [-0.4, -0.2) is 34.7 Å². The predicted octanol–water partition coefficient (Wildman–Crippen LogP) is 3.98. The predicted molar refractivity (Wildman–Crippen MR) is 95.6 cm³/mol. The van der Waals surface area contributed by atoms with Gasteiger partial charge in [0.2, 0.25) is 0 Å². The number of hydrogen-bond acceptors (Lipinski definition) is 3. The molecule has 1 saturated heterocycles. The normalized spacial score (nSPS) is 24.5. The quantitative estimate of drug-likeness (QED) is 0.485. The van der Waals surface area contributed by atoms with Crippen LogP contribution in [0.15, 0.2) is 36.4 Å². The fourth-order valence-corrected chi connectivity index (χ4v) is 3.86. The van der Waals surface area contributed by atoms with Crippen molar-refractivity contribution in [3.63, 3.8) is 0 Å². The molecule has 1 N–H and O–H groups in total. The Labute approximate surface area is 155 Å². The summed E-state index contributed by atoms with van der Waals surface area (Å²) in [6.45, 7) is 2.00. The molecule has 140 valence electrons. The van der Waals surface area contributed by atoms with Crippen molar-refractivity contribution in [3.05, 3.63) is 42.0 Å². The molecule has 3 aliphatic rings. The molecule has 3 unspecified atom stereocenters. The first-order valence-electron chi connectivity index (χ1n) is 8.42. The van der Waals surface area contributed by atoms with Crippen LogP contribution < -0.4 is 5.32 Å². The zero-order valence-electron chi connectivity index (χ0n) is 14.1. The number of nitrogens with zero attached hydrogens (tertiary/aromatic N) is 1. The molecule has 0 aromatic heterocycles. The number of esters is 1. The molecule has 2 heterocycles. The fraction of sp³-hybridized carbons (Fsp3) is 0.444. The zero-order chi connectivity index (χ0) is 18.9. The monoisotopic (exact) mass is 384 g/mol. The minimum absolute atomic E-state index is 0.0136. The SMILES string of the molecule is CCOC(=O)C1C2C=CC(CC2)N1C(=S)Nc1cccc(C(F)(F)F)c1. The lowest BCUT2D eigenvalue weighted by atomic mass is 9.80. The van der Waals surface area contributed by atoms with Crippen molar-refractivity contribution in [3.8, 4) is 0 Å². The second kappa shape index (κ2) is 7.26. The van der Waals surface area contributed by atoms with Gasteiger partial charge in [-0.25, -0.2) is 4.79 Å². The minimum Gasteiger partial charge on any atom is -0.464 e. The maximum absolute atomic E-state index is 12.9. The van der Waals surface area contributed by atoms with E-state index in [0.29, 0.717) is 0 Å². The molecule has 4 rings (SSSR count). The number of piperidine rings is 1. The molecule has 3 atom stereocenters. The highest BCUT2D eigenvalue weighted by Crippen LogP contribution is 2.36. The van der Waals surface area contributed by atoms with E-state index in [-0.39, 0.29) is 35.3 Å². The zero-order valence-corrected chi connectivity index (χ0v) is 14.9. The molecule has 4 nitrogen and oxygen atoms in total. The van der Waals surface area contributed by atoms with Crippen LogP contribution in [0.5, 0.6) is 0 Å². The van der Waals surface area contributed by atoms with Gasteiger partial charge in [0, 0.05) is 11.6 Å². The summed E-state index contributed by atoms with van der Waals surface area (Å²) in [6.07, 6.45) is 1.25. The fourth-order valence-electron chi connectivity index (χ4n) is 3.49. The Bertz CT molecular complexity index is 735. The summed E-state index contributed by atoms with van der Waals surface area (Å²) in [5, 5.41) is 3.08. The molecule has 1 aliphatic carbocycles.